The van der Waals surface area contributed by atoms with Gasteiger partial charge in [-0.15, -0.1) is 0 Å². The van der Waals surface area contributed by atoms with E-state index >= 15 is 0 Å². The molecule has 0 amide bonds. The van der Waals surface area contributed by atoms with Crippen LogP contribution in [-0.4, -0.2) is 8.32 Å². The predicted molar refractivity (Wildman–Crippen MR) is 87.2 cm³/mol. The second-order valence-electron chi connectivity index (χ2n) is 5.87. The molecular formula is C18H19F3OSi. The minimum atomic E-state index is -4.37. The zero-order valence-corrected chi connectivity index (χ0v) is 14.2. The molecule has 0 bridgehead atoms. The molecule has 0 saturated carbocycles. The van der Waals surface area contributed by atoms with Crippen LogP contribution < -0.4 is 5.19 Å². The van der Waals surface area contributed by atoms with Crippen molar-refractivity contribution in [2.45, 2.75) is 38.2 Å². The van der Waals surface area contributed by atoms with Gasteiger partial charge < -0.3 is 4.43 Å². The predicted octanol–water partition coefficient (Wildman–Crippen LogP) is 5.02. The largest absolute Gasteiger partial charge is 0.416 e. The molecule has 5 heteroatoms. The number of alkyl halides is 3. The summed E-state index contributed by atoms with van der Waals surface area (Å²) in [5.74, 6) is 0. The van der Waals surface area contributed by atoms with E-state index in [-0.39, 0.29) is 5.56 Å². The van der Waals surface area contributed by atoms with Crippen molar-refractivity contribution >= 4 is 13.5 Å². The minimum absolute atomic E-state index is 0.226. The molecule has 0 saturated heterocycles. The molecule has 1 aliphatic rings. The van der Waals surface area contributed by atoms with Gasteiger partial charge in [-0.2, -0.15) is 13.2 Å². The van der Waals surface area contributed by atoms with E-state index in [2.05, 4.69) is 13.8 Å². The minimum Gasteiger partial charge on any atom is -0.401 e. The van der Waals surface area contributed by atoms with Crippen LogP contribution in [-0.2, 0) is 10.6 Å². The summed E-state index contributed by atoms with van der Waals surface area (Å²) in [6.07, 6.45) is -4.99. The van der Waals surface area contributed by atoms with E-state index in [0.717, 1.165) is 28.9 Å². The Bertz CT molecular complexity index is 707. The van der Waals surface area contributed by atoms with Gasteiger partial charge in [0.1, 0.15) is 0 Å². The third-order valence-electron chi connectivity index (χ3n) is 4.77. The molecule has 2 aromatic carbocycles. The summed E-state index contributed by atoms with van der Waals surface area (Å²) in [5, 5.41) is 1.15. The Balaban J connectivity index is 2.17. The Hall–Kier alpha value is -1.59. The summed E-state index contributed by atoms with van der Waals surface area (Å²) in [4.78, 5) is 0. The Morgan fingerprint density at radius 1 is 0.913 bits per heavy atom. The molecule has 1 aliphatic heterocycles. The van der Waals surface area contributed by atoms with Crippen molar-refractivity contribution in [2.75, 3.05) is 0 Å². The maximum Gasteiger partial charge on any atom is 0.416 e. The molecule has 0 aromatic heterocycles. The first kappa shape index (κ1) is 16.3. The molecule has 2 aromatic rings. The number of hydrogen-bond donors (Lipinski definition) is 0. The van der Waals surface area contributed by atoms with E-state index in [1.54, 1.807) is 12.1 Å². The highest BCUT2D eigenvalue weighted by molar-refractivity contribution is 6.87. The van der Waals surface area contributed by atoms with Gasteiger partial charge in [-0.05, 0) is 34.5 Å². The standard InChI is InChI=1S/C18H19F3OSi/c1-3-23(4-2)16-12-8-6-10-14(16)17(22-23)13-9-5-7-11-15(13)18(19,20)21/h5-12,17H,3-4H2,1-2H3/t17-/m1/s1. The normalized spacial score (nSPS) is 19.6. The van der Waals surface area contributed by atoms with E-state index < -0.39 is 26.2 Å². The lowest BCUT2D eigenvalue weighted by atomic mass is 9.96. The molecule has 0 fully saturated rings. The second kappa shape index (κ2) is 5.80. The van der Waals surface area contributed by atoms with Gasteiger partial charge in [0.2, 0.25) is 8.32 Å². The first-order valence-electron chi connectivity index (χ1n) is 7.86. The highest BCUT2D eigenvalue weighted by Gasteiger charge is 2.47. The van der Waals surface area contributed by atoms with Gasteiger partial charge in [-0.1, -0.05) is 56.3 Å². The summed E-state index contributed by atoms with van der Waals surface area (Å²) in [6, 6.07) is 15.3. The Labute approximate surface area is 135 Å². The van der Waals surface area contributed by atoms with Crippen molar-refractivity contribution in [3.8, 4) is 0 Å². The lowest BCUT2D eigenvalue weighted by Crippen LogP contribution is -2.45. The van der Waals surface area contributed by atoms with Crippen molar-refractivity contribution in [3.05, 3.63) is 65.2 Å². The fraction of sp³-hybridized carbons (Fsp3) is 0.333. The van der Waals surface area contributed by atoms with E-state index in [9.17, 15) is 13.2 Å². The average Bonchev–Trinajstić information content (AvgIpc) is 2.89. The van der Waals surface area contributed by atoms with E-state index in [0.29, 0.717) is 0 Å². The zero-order chi connectivity index (χ0) is 16.7. The van der Waals surface area contributed by atoms with Crippen molar-refractivity contribution in [2.24, 2.45) is 0 Å². The molecule has 0 aliphatic carbocycles. The average molecular weight is 336 g/mol. The van der Waals surface area contributed by atoms with Crippen LogP contribution in [0.15, 0.2) is 48.5 Å². The Morgan fingerprint density at radius 2 is 1.48 bits per heavy atom. The molecule has 3 rings (SSSR count). The van der Waals surface area contributed by atoms with Crippen LogP contribution in [0.4, 0.5) is 13.2 Å². The SMILES string of the molecule is CC[Si]1(CC)O[C@H](c2ccccc2C(F)(F)F)c2ccccc21. The summed E-state index contributed by atoms with van der Waals surface area (Å²) >= 11 is 0. The number of hydrogen-bond acceptors (Lipinski definition) is 1. The second-order valence-corrected chi connectivity index (χ2v) is 10.0. The van der Waals surface area contributed by atoms with Crippen molar-refractivity contribution in [1.29, 1.82) is 0 Å². The first-order chi connectivity index (χ1) is 10.9. The van der Waals surface area contributed by atoms with Gasteiger partial charge in [0, 0.05) is 0 Å². The molecule has 0 N–H and O–H groups in total. The molecule has 0 radical (unpaired) electrons. The molecule has 1 nitrogen and oxygen atoms in total. The fourth-order valence-electron chi connectivity index (χ4n) is 3.51. The highest BCUT2D eigenvalue weighted by Crippen LogP contribution is 2.43. The third kappa shape index (κ3) is 2.62. The maximum atomic E-state index is 13.4. The van der Waals surface area contributed by atoms with Gasteiger partial charge >= 0.3 is 6.18 Å². The summed E-state index contributed by atoms with van der Waals surface area (Å²) in [6.45, 7) is 4.15. The molecule has 122 valence electrons. The molecule has 23 heavy (non-hydrogen) atoms. The van der Waals surface area contributed by atoms with E-state index in [4.69, 9.17) is 4.43 Å². The zero-order valence-electron chi connectivity index (χ0n) is 13.2. The van der Waals surface area contributed by atoms with Crippen molar-refractivity contribution in [1.82, 2.24) is 0 Å². The van der Waals surface area contributed by atoms with Crippen LogP contribution >= 0.6 is 0 Å². The first-order valence-corrected chi connectivity index (χ1v) is 10.2. The van der Waals surface area contributed by atoms with Crippen molar-refractivity contribution in [3.63, 3.8) is 0 Å². The molecule has 0 spiro atoms. The van der Waals surface area contributed by atoms with Gasteiger partial charge in [0.25, 0.3) is 0 Å². The summed E-state index contributed by atoms with van der Waals surface area (Å²) in [5.41, 5.74) is 0.528. The van der Waals surface area contributed by atoms with Crippen LogP contribution in [0.1, 0.15) is 36.6 Å². The van der Waals surface area contributed by atoms with Crippen LogP contribution in [0, 0.1) is 0 Å². The number of halogens is 3. The van der Waals surface area contributed by atoms with E-state index in [1.165, 1.54) is 6.07 Å². The number of benzene rings is 2. The van der Waals surface area contributed by atoms with Gasteiger partial charge in [-0.3, -0.25) is 0 Å². The van der Waals surface area contributed by atoms with Gasteiger partial charge in [-0.25, -0.2) is 0 Å². The lowest BCUT2D eigenvalue weighted by molar-refractivity contribution is -0.138. The Kier molecular flexibility index (Phi) is 4.10. The number of rotatable bonds is 3. The third-order valence-corrected chi connectivity index (χ3v) is 9.18. The summed E-state index contributed by atoms with van der Waals surface area (Å²) in [7, 11) is -2.20. The molecular weight excluding hydrogens is 317 g/mol. The van der Waals surface area contributed by atoms with Crippen LogP contribution in [0.3, 0.4) is 0 Å². The lowest BCUT2D eigenvalue weighted by Gasteiger charge is -2.26. The van der Waals surface area contributed by atoms with Crippen LogP contribution in [0.25, 0.3) is 0 Å². The molecule has 0 unspecified atom stereocenters. The quantitative estimate of drug-likeness (QED) is 0.715. The summed E-state index contributed by atoms with van der Waals surface area (Å²) < 4.78 is 46.5. The van der Waals surface area contributed by atoms with Gasteiger partial charge in [0.15, 0.2) is 0 Å². The van der Waals surface area contributed by atoms with E-state index in [1.807, 2.05) is 24.3 Å². The Morgan fingerprint density at radius 3 is 2.09 bits per heavy atom. The smallest absolute Gasteiger partial charge is 0.401 e. The number of fused-ring (bicyclic) bond motifs is 1. The topological polar surface area (TPSA) is 9.23 Å². The highest BCUT2D eigenvalue weighted by atomic mass is 28.4. The monoisotopic (exact) mass is 336 g/mol. The van der Waals surface area contributed by atoms with Crippen LogP contribution in [0.5, 0.6) is 0 Å². The molecule has 1 heterocycles. The van der Waals surface area contributed by atoms with Crippen molar-refractivity contribution < 1.29 is 17.6 Å². The fourth-order valence-corrected chi connectivity index (χ4v) is 7.07. The van der Waals surface area contributed by atoms with Crippen LogP contribution in [0.2, 0.25) is 12.1 Å². The van der Waals surface area contributed by atoms with Gasteiger partial charge in [0.05, 0.1) is 11.7 Å². The maximum absolute atomic E-state index is 13.4. The molecule has 1 atom stereocenters.